The van der Waals surface area contributed by atoms with Gasteiger partial charge in [-0.05, 0) is 12.1 Å². The Morgan fingerprint density at radius 1 is 1.43 bits per heavy atom. The van der Waals surface area contributed by atoms with Crippen LogP contribution in [-0.4, -0.2) is 23.1 Å². The maximum Gasteiger partial charge on any atom is 0.230 e. The Morgan fingerprint density at radius 3 is 2.93 bits per heavy atom. The molecule has 14 heavy (non-hydrogen) atoms. The van der Waals surface area contributed by atoms with Crippen LogP contribution in [0.25, 0.3) is 0 Å². The number of piperidine rings is 1. The molecule has 1 aromatic rings. The predicted molar refractivity (Wildman–Crippen MR) is 48.4 cm³/mol. The highest BCUT2D eigenvalue weighted by molar-refractivity contribution is 6.00. The van der Waals surface area contributed by atoms with Gasteiger partial charge in [0, 0.05) is 13.0 Å². The van der Waals surface area contributed by atoms with Crippen LogP contribution in [0.2, 0.25) is 0 Å². The third-order valence-electron chi connectivity index (χ3n) is 2.29. The summed E-state index contributed by atoms with van der Waals surface area (Å²) in [5.74, 6) is 0.691. The van der Waals surface area contributed by atoms with Gasteiger partial charge in [0.05, 0.1) is 19.2 Å². The molecule has 0 aliphatic carbocycles. The van der Waals surface area contributed by atoms with Crippen molar-refractivity contribution in [1.29, 1.82) is 0 Å². The molecule has 1 aliphatic heterocycles. The first-order valence-electron chi connectivity index (χ1n) is 4.57. The third kappa shape index (κ3) is 1.84. The van der Waals surface area contributed by atoms with E-state index in [1.165, 1.54) is 0 Å². The van der Waals surface area contributed by atoms with Gasteiger partial charge in [0.2, 0.25) is 5.91 Å². The molecule has 2 rings (SSSR count). The number of carbonyl (C=O) groups is 2. The summed E-state index contributed by atoms with van der Waals surface area (Å²) >= 11 is 0. The van der Waals surface area contributed by atoms with Crippen LogP contribution < -0.4 is 0 Å². The Kier molecular flexibility index (Phi) is 2.35. The van der Waals surface area contributed by atoms with Gasteiger partial charge in [-0.25, -0.2) is 0 Å². The molecule has 1 aromatic heterocycles. The van der Waals surface area contributed by atoms with Crippen molar-refractivity contribution in [3.63, 3.8) is 0 Å². The lowest BCUT2D eigenvalue weighted by atomic mass is 10.1. The quantitative estimate of drug-likeness (QED) is 0.657. The Morgan fingerprint density at radius 2 is 2.29 bits per heavy atom. The van der Waals surface area contributed by atoms with Crippen molar-refractivity contribution in [2.45, 2.75) is 19.4 Å². The number of Topliss-reactive ketones (excluding diaryl/α,β-unsaturated/α-hetero) is 1. The minimum Gasteiger partial charge on any atom is -0.467 e. The van der Waals surface area contributed by atoms with Crippen molar-refractivity contribution in [2.24, 2.45) is 0 Å². The van der Waals surface area contributed by atoms with Crippen LogP contribution in [0.1, 0.15) is 18.6 Å². The molecule has 4 nitrogen and oxygen atoms in total. The maximum atomic E-state index is 11.4. The van der Waals surface area contributed by atoms with E-state index in [0.717, 1.165) is 5.76 Å². The molecule has 1 amide bonds. The standard InChI is InChI=1S/C10H11NO3/c12-8-3-4-11(10(13)6-8)7-9-2-1-5-14-9/h1-2,5H,3-4,6-7H2. The topological polar surface area (TPSA) is 50.5 Å². The Hall–Kier alpha value is -1.58. The molecule has 0 N–H and O–H groups in total. The molecule has 2 heterocycles. The van der Waals surface area contributed by atoms with Crippen LogP contribution in [0.15, 0.2) is 22.8 Å². The van der Waals surface area contributed by atoms with E-state index in [-0.39, 0.29) is 18.1 Å². The number of rotatable bonds is 2. The van der Waals surface area contributed by atoms with Crippen LogP contribution in [0.4, 0.5) is 0 Å². The molecule has 0 bridgehead atoms. The molecular formula is C10H11NO3. The molecule has 0 atom stereocenters. The monoisotopic (exact) mass is 193 g/mol. The summed E-state index contributed by atoms with van der Waals surface area (Å²) < 4.78 is 5.13. The number of hydrogen-bond donors (Lipinski definition) is 0. The number of furan rings is 1. The molecule has 1 aliphatic rings. The van der Waals surface area contributed by atoms with Gasteiger partial charge in [0.15, 0.2) is 0 Å². The molecule has 74 valence electrons. The molecular weight excluding hydrogens is 182 g/mol. The van der Waals surface area contributed by atoms with E-state index in [9.17, 15) is 9.59 Å². The van der Waals surface area contributed by atoms with Gasteiger partial charge < -0.3 is 9.32 Å². The van der Waals surface area contributed by atoms with E-state index in [1.807, 2.05) is 6.07 Å². The van der Waals surface area contributed by atoms with E-state index >= 15 is 0 Å². The number of likely N-dealkylation sites (tertiary alicyclic amines) is 1. The molecule has 1 saturated heterocycles. The van der Waals surface area contributed by atoms with Crippen molar-refractivity contribution >= 4 is 11.7 Å². The lowest BCUT2D eigenvalue weighted by Gasteiger charge is -2.24. The number of ketones is 1. The molecule has 1 fully saturated rings. The molecule has 0 aromatic carbocycles. The van der Waals surface area contributed by atoms with Crippen LogP contribution in [0.5, 0.6) is 0 Å². The fourth-order valence-corrected chi connectivity index (χ4v) is 1.51. The van der Waals surface area contributed by atoms with Gasteiger partial charge >= 0.3 is 0 Å². The number of nitrogens with zero attached hydrogens (tertiary/aromatic N) is 1. The van der Waals surface area contributed by atoms with E-state index in [0.29, 0.717) is 19.5 Å². The lowest BCUT2D eigenvalue weighted by Crippen LogP contribution is -2.38. The highest BCUT2D eigenvalue weighted by atomic mass is 16.3. The SMILES string of the molecule is O=C1CCN(Cc2ccco2)C(=O)C1. The molecule has 0 unspecified atom stereocenters. The van der Waals surface area contributed by atoms with Crippen molar-refractivity contribution in [3.8, 4) is 0 Å². The van der Waals surface area contributed by atoms with Crippen molar-refractivity contribution in [3.05, 3.63) is 24.2 Å². The van der Waals surface area contributed by atoms with E-state index in [2.05, 4.69) is 0 Å². The van der Waals surface area contributed by atoms with Gasteiger partial charge in [-0.1, -0.05) is 0 Å². The van der Waals surface area contributed by atoms with E-state index in [4.69, 9.17) is 4.42 Å². The molecule has 0 saturated carbocycles. The number of amides is 1. The first-order valence-corrected chi connectivity index (χ1v) is 4.57. The Labute approximate surface area is 81.5 Å². The van der Waals surface area contributed by atoms with Crippen LogP contribution >= 0.6 is 0 Å². The number of carbonyl (C=O) groups excluding carboxylic acids is 2. The van der Waals surface area contributed by atoms with Gasteiger partial charge in [0.1, 0.15) is 11.5 Å². The minimum atomic E-state index is -0.0994. The fourth-order valence-electron chi connectivity index (χ4n) is 1.51. The minimum absolute atomic E-state index is 0.0331. The van der Waals surface area contributed by atoms with Crippen molar-refractivity contribution in [2.75, 3.05) is 6.54 Å². The average molecular weight is 193 g/mol. The first kappa shape index (κ1) is 8.99. The number of hydrogen-bond acceptors (Lipinski definition) is 3. The second kappa shape index (κ2) is 3.65. The van der Waals surface area contributed by atoms with Gasteiger partial charge in [-0.3, -0.25) is 9.59 Å². The zero-order valence-corrected chi connectivity index (χ0v) is 7.73. The highest BCUT2D eigenvalue weighted by Gasteiger charge is 2.23. The van der Waals surface area contributed by atoms with E-state index in [1.54, 1.807) is 17.2 Å². The predicted octanol–water partition coefficient (Wildman–Crippen LogP) is 0.971. The third-order valence-corrected chi connectivity index (χ3v) is 2.29. The van der Waals surface area contributed by atoms with Crippen LogP contribution in [0.3, 0.4) is 0 Å². The summed E-state index contributed by atoms with van der Waals surface area (Å²) in [6.45, 7) is 0.984. The maximum absolute atomic E-state index is 11.4. The summed E-state index contributed by atoms with van der Waals surface area (Å²) in [5.41, 5.74) is 0. The molecule has 0 radical (unpaired) electrons. The summed E-state index contributed by atoms with van der Waals surface area (Å²) in [7, 11) is 0. The second-order valence-corrected chi connectivity index (χ2v) is 3.36. The Bertz CT molecular complexity index is 342. The van der Waals surface area contributed by atoms with Crippen LogP contribution in [0, 0.1) is 0 Å². The zero-order valence-electron chi connectivity index (χ0n) is 7.73. The summed E-state index contributed by atoms with van der Waals surface area (Å²) in [5, 5.41) is 0. The zero-order chi connectivity index (χ0) is 9.97. The highest BCUT2D eigenvalue weighted by Crippen LogP contribution is 2.12. The largest absolute Gasteiger partial charge is 0.467 e. The average Bonchev–Trinajstić information content (AvgIpc) is 2.62. The summed E-state index contributed by atoms with van der Waals surface area (Å²) in [6, 6.07) is 3.61. The van der Waals surface area contributed by atoms with Gasteiger partial charge in [0.25, 0.3) is 0 Å². The smallest absolute Gasteiger partial charge is 0.230 e. The lowest BCUT2D eigenvalue weighted by molar-refractivity contribution is -0.140. The van der Waals surface area contributed by atoms with E-state index < -0.39 is 0 Å². The first-order chi connectivity index (χ1) is 6.75. The Balaban J connectivity index is 1.99. The van der Waals surface area contributed by atoms with Crippen molar-refractivity contribution < 1.29 is 14.0 Å². The molecule has 4 heteroatoms. The van der Waals surface area contributed by atoms with Crippen LogP contribution in [-0.2, 0) is 16.1 Å². The van der Waals surface area contributed by atoms with Gasteiger partial charge in [-0.15, -0.1) is 0 Å². The summed E-state index contributed by atoms with van der Waals surface area (Å²) in [4.78, 5) is 24.0. The summed E-state index contributed by atoms with van der Waals surface area (Å²) in [6.07, 6.45) is 2.09. The fraction of sp³-hybridized carbons (Fsp3) is 0.400. The van der Waals surface area contributed by atoms with Gasteiger partial charge in [-0.2, -0.15) is 0 Å². The normalized spacial score (nSPS) is 17.6. The molecule has 0 spiro atoms. The second-order valence-electron chi connectivity index (χ2n) is 3.36. The van der Waals surface area contributed by atoms with Crippen molar-refractivity contribution in [1.82, 2.24) is 4.90 Å².